The molecular formula is C30H36ClN3O5S. The second-order valence-electron chi connectivity index (χ2n) is 9.62. The number of carbonyl (C=O) groups is 2. The number of methoxy groups -OCH3 is 1. The van der Waals surface area contributed by atoms with Crippen molar-refractivity contribution in [2.24, 2.45) is 0 Å². The fraction of sp³-hybridized carbons (Fsp3) is 0.333. The van der Waals surface area contributed by atoms with Gasteiger partial charge in [0.05, 0.1) is 17.7 Å². The van der Waals surface area contributed by atoms with E-state index in [4.69, 9.17) is 16.3 Å². The molecule has 0 aliphatic heterocycles. The topological polar surface area (TPSA) is 96.0 Å². The minimum Gasteiger partial charge on any atom is -0.497 e. The SMILES string of the molecule is CCC(C)NC(=O)C(C)N(Cc1ccc(OC)cc1)C(=O)CN(c1ccccc1C)S(=O)(=O)c1ccc(Cl)cc1. The molecule has 214 valence electrons. The lowest BCUT2D eigenvalue weighted by atomic mass is 10.1. The number of anilines is 1. The number of hydrogen-bond donors (Lipinski definition) is 1. The van der Waals surface area contributed by atoms with Crippen LogP contribution >= 0.6 is 11.6 Å². The molecule has 3 rings (SSSR count). The van der Waals surface area contributed by atoms with E-state index in [-0.39, 0.29) is 23.4 Å². The molecule has 0 aromatic heterocycles. The number of carbonyl (C=O) groups excluding carboxylic acids is 2. The first-order chi connectivity index (χ1) is 19.0. The Morgan fingerprint density at radius 1 is 0.975 bits per heavy atom. The Labute approximate surface area is 241 Å². The number of benzene rings is 3. The van der Waals surface area contributed by atoms with Crippen LogP contribution in [0.4, 0.5) is 5.69 Å². The summed E-state index contributed by atoms with van der Waals surface area (Å²) in [6.45, 7) is 6.86. The van der Waals surface area contributed by atoms with Crippen molar-refractivity contribution < 1.29 is 22.7 Å². The fourth-order valence-corrected chi connectivity index (χ4v) is 5.67. The number of halogens is 1. The van der Waals surface area contributed by atoms with Crippen LogP contribution in [0.15, 0.2) is 77.7 Å². The summed E-state index contributed by atoms with van der Waals surface area (Å²) in [5, 5.41) is 3.32. The number of nitrogens with zero attached hydrogens (tertiary/aromatic N) is 2. The zero-order valence-electron chi connectivity index (χ0n) is 23.4. The van der Waals surface area contributed by atoms with Gasteiger partial charge in [0, 0.05) is 17.6 Å². The molecule has 3 aromatic carbocycles. The maximum absolute atomic E-state index is 14.0. The van der Waals surface area contributed by atoms with Crippen molar-refractivity contribution in [2.45, 2.75) is 57.6 Å². The van der Waals surface area contributed by atoms with E-state index in [2.05, 4.69) is 5.32 Å². The highest BCUT2D eigenvalue weighted by atomic mass is 35.5. The average Bonchev–Trinajstić information content (AvgIpc) is 2.95. The Balaban J connectivity index is 2.03. The normalized spacial score (nSPS) is 12.8. The van der Waals surface area contributed by atoms with Crippen molar-refractivity contribution >= 4 is 39.1 Å². The zero-order valence-corrected chi connectivity index (χ0v) is 25.0. The van der Waals surface area contributed by atoms with E-state index in [1.54, 1.807) is 57.4 Å². The highest BCUT2D eigenvalue weighted by molar-refractivity contribution is 7.92. The summed E-state index contributed by atoms with van der Waals surface area (Å²) in [6, 6.07) is 19.0. The van der Waals surface area contributed by atoms with Crippen molar-refractivity contribution in [3.8, 4) is 5.75 Å². The fourth-order valence-electron chi connectivity index (χ4n) is 4.07. The Kier molecular flexibility index (Phi) is 10.6. The lowest BCUT2D eigenvalue weighted by Gasteiger charge is -2.33. The van der Waals surface area contributed by atoms with Crippen molar-refractivity contribution in [2.75, 3.05) is 18.0 Å². The van der Waals surface area contributed by atoms with Crippen LogP contribution in [0.25, 0.3) is 0 Å². The number of sulfonamides is 1. The maximum atomic E-state index is 14.0. The highest BCUT2D eigenvalue weighted by Crippen LogP contribution is 2.28. The average molecular weight is 586 g/mol. The lowest BCUT2D eigenvalue weighted by Crippen LogP contribution is -2.52. The maximum Gasteiger partial charge on any atom is 0.264 e. The molecule has 0 saturated carbocycles. The molecule has 0 aliphatic carbocycles. The first kappa shape index (κ1) is 31.0. The van der Waals surface area contributed by atoms with Gasteiger partial charge in [0.2, 0.25) is 11.8 Å². The monoisotopic (exact) mass is 585 g/mol. The summed E-state index contributed by atoms with van der Waals surface area (Å²) in [7, 11) is -2.60. The summed E-state index contributed by atoms with van der Waals surface area (Å²) >= 11 is 6.00. The summed E-state index contributed by atoms with van der Waals surface area (Å²) < 4.78 is 34.1. The number of para-hydroxylation sites is 1. The molecule has 0 fully saturated rings. The summed E-state index contributed by atoms with van der Waals surface area (Å²) in [4.78, 5) is 28.5. The van der Waals surface area contributed by atoms with Crippen molar-refractivity contribution in [3.05, 3.63) is 88.9 Å². The van der Waals surface area contributed by atoms with Gasteiger partial charge in [-0.2, -0.15) is 0 Å². The van der Waals surface area contributed by atoms with E-state index < -0.39 is 28.5 Å². The van der Waals surface area contributed by atoms with Crippen LogP contribution in [0.5, 0.6) is 5.75 Å². The van der Waals surface area contributed by atoms with Gasteiger partial charge in [0.15, 0.2) is 0 Å². The van der Waals surface area contributed by atoms with E-state index >= 15 is 0 Å². The van der Waals surface area contributed by atoms with Gasteiger partial charge in [-0.3, -0.25) is 13.9 Å². The summed E-state index contributed by atoms with van der Waals surface area (Å²) in [6.07, 6.45) is 0.727. The predicted molar refractivity (Wildman–Crippen MR) is 158 cm³/mol. The van der Waals surface area contributed by atoms with Crippen molar-refractivity contribution in [3.63, 3.8) is 0 Å². The van der Waals surface area contributed by atoms with Gasteiger partial charge in [0.1, 0.15) is 18.3 Å². The predicted octanol–water partition coefficient (Wildman–Crippen LogP) is 5.18. The van der Waals surface area contributed by atoms with Gasteiger partial charge in [-0.1, -0.05) is 48.9 Å². The van der Waals surface area contributed by atoms with Crippen LogP contribution in [0, 0.1) is 6.92 Å². The molecule has 40 heavy (non-hydrogen) atoms. The Hall–Kier alpha value is -3.56. The molecule has 0 saturated heterocycles. The molecule has 2 unspecified atom stereocenters. The third kappa shape index (κ3) is 7.55. The Morgan fingerprint density at radius 2 is 1.60 bits per heavy atom. The van der Waals surface area contributed by atoms with Crippen LogP contribution in [0.3, 0.4) is 0 Å². The zero-order chi connectivity index (χ0) is 29.4. The molecule has 3 aromatic rings. The van der Waals surface area contributed by atoms with Gasteiger partial charge in [-0.15, -0.1) is 0 Å². The minimum atomic E-state index is -4.16. The number of rotatable bonds is 12. The van der Waals surface area contributed by atoms with Crippen LogP contribution < -0.4 is 14.4 Å². The van der Waals surface area contributed by atoms with E-state index in [0.717, 1.165) is 16.3 Å². The van der Waals surface area contributed by atoms with Gasteiger partial charge < -0.3 is 15.0 Å². The molecule has 10 heteroatoms. The molecule has 0 spiro atoms. The molecule has 0 heterocycles. The van der Waals surface area contributed by atoms with Gasteiger partial charge in [-0.05, 0) is 80.8 Å². The van der Waals surface area contributed by atoms with Gasteiger partial charge >= 0.3 is 0 Å². The number of amides is 2. The van der Waals surface area contributed by atoms with E-state index in [1.165, 1.54) is 29.2 Å². The van der Waals surface area contributed by atoms with Crippen molar-refractivity contribution in [1.82, 2.24) is 10.2 Å². The number of ether oxygens (including phenoxy) is 1. The number of aryl methyl sites for hydroxylation is 1. The third-order valence-corrected chi connectivity index (χ3v) is 8.77. The lowest BCUT2D eigenvalue weighted by molar-refractivity contribution is -0.139. The standard InChI is InChI=1S/C30H36ClN3O5S/c1-6-22(3)32-30(36)23(4)33(19-24-11-15-26(39-5)16-12-24)29(35)20-34(28-10-8-7-9-21(28)2)40(37,38)27-17-13-25(31)14-18-27/h7-18,22-23H,6,19-20H2,1-5H3,(H,32,36). The quantitative estimate of drug-likeness (QED) is 0.316. The Morgan fingerprint density at radius 3 is 2.17 bits per heavy atom. The van der Waals surface area contributed by atoms with Crippen LogP contribution in [-0.4, -0.2) is 50.9 Å². The van der Waals surface area contributed by atoms with Crippen LogP contribution in [0.1, 0.15) is 38.3 Å². The molecule has 1 N–H and O–H groups in total. The number of nitrogens with one attached hydrogen (secondary N) is 1. The molecule has 0 bridgehead atoms. The summed E-state index contributed by atoms with van der Waals surface area (Å²) in [5.74, 6) is -0.188. The van der Waals surface area contributed by atoms with E-state index in [0.29, 0.717) is 22.0 Å². The molecule has 2 atom stereocenters. The van der Waals surface area contributed by atoms with Crippen molar-refractivity contribution in [1.29, 1.82) is 0 Å². The Bertz CT molecular complexity index is 1410. The van der Waals surface area contributed by atoms with E-state index in [1.807, 2.05) is 26.0 Å². The summed E-state index contributed by atoms with van der Waals surface area (Å²) in [5.41, 5.74) is 1.81. The molecule has 0 radical (unpaired) electrons. The molecule has 2 amide bonds. The van der Waals surface area contributed by atoms with Gasteiger partial charge in [0.25, 0.3) is 10.0 Å². The first-order valence-electron chi connectivity index (χ1n) is 13.0. The number of hydrogen-bond acceptors (Lipinski definition) is 5. The smallest absolute Gasteiger partial charge is 0.264 e. The second-order valence-corrected chi connectivity index (χ2v) is 11.9. The first-order valence-corrected chi connectivity index (χ1v) is 14.9. The molecular weight excluding hydrogens is 550 g/mol. The van der Waals surface area contributed by atoms with Crippen LogP contribution in [-0.2, 0) is 26.2 Å². The highest BCUT2D eigenvalue weighted by Gasteiger charge is 2.33. The second kappa shape index (κ2) is 13.7. The van der Waals surface area contributed by atoms with E-state index in [9.17, 15) is 18.0 Å². The molecule has 8 nitrogen and oxygen atoms in total. The van der Waals surface area contributed by atoms with Gasteiger partial charge in [-0.25, -0.2) is 8.42 Å². The van der Waals surface area contributed by atoms with Crippen LogP contribution in [0.2, 0.25) is 5.02 Å². The molecule has 0 aliphatic rings. The minimum absolute atomic E-state index is 0.00257. The largest absolute Gasteiger partial charge is 0.497 e. The third-order valence-electron chi connectivity index (χ3n) is 6.74.